The zero-order valence-electron chi connectivity index (χ0n) is 12.9. The molecular formula is C16H20N4O2. The topological polar surface area (TPSA) is 71.3 Å². The number of anilines is 1. The molecule has 22 heavy (non-hydrogen) atoms. The Morgan fingerprint density at radius 3 is 3.00 bits per heavy atom. The number of likely N-dealkylation sites (N-methyl/N-ethyl adjacent to an activating group) is 1. The summed E-state index contributed by atoms with van der Waals surface area (Å²) in [6.07, 6.45) is 3.48. The second-order valence-corrected chi connectivity index (χ2v) is 6.04. The Kier molecular flexibility index (Phi) is 3.94. The van der Waals surface area contributed by atoms with E-state index >= 15 is 0 Å². The Balaban J connectivity index is 2.05. The SMILES string of the molecule is Cc1ccc2ncc([N+](=O)[O-])c(NC3CCCN(C)C3)c2c1. The number of nitro groups is 1. The normalized spacial score (nSPS) is 19.3. The van der Waals surface area contributed by atoms with Gasteiger partial charge >= 0.3 is 5.69 Å². The number of fused-ring (bicyclic) bond motifs is 1. The zero-order valence-corrected chi connectivity index (χ0v) is 12.9. The molecule has 1 aromatic carbocycles. The monoisotopic (exact) mass is 300 g/mol. The standard InChI is InChI=1S/C16H20N4O2/c1-11-5-6-14-13(8-11)16(15(9-17-14)20(21)22)18-12-4-3-7-19(2)10-12/h5-6,8-9,12H,3-4,7,10H2,1-2H3,(H,17,18). The van der Waals surface area contributed by atoms with E-state index in [1.165, 1.54) is 6.20 Å². The summed E-state index contributed by atoms with van der Waals surface area (Å²) in [6.45, 7) is 3.96. The van der Waals surface area contributed by atoms with E-state index in [0.717, 1.165) is 42.4 Å². The van der Waals surface area contributed by atoms with Crippen molar-refractivity contribution in [3.8, 4) is 0 Å². The maximum atomic E-state index is 11.4. The molecule has 0 bridgehead atoms. The molecule has 0 saturated carbocycles. The molecule has 3 rings (SSSR count). The van der Waals surface area contributed by atoms with Crippen LogP contribution < -0.4 is 5.32 Å². The van der Waals surface area contributed by atoms with E-state index in [1.54, 1.807) is 0 Å². The number of pyridine rings is 1. The van der Waals surface area contributed by atoms with Crippen LogP contribution in [0, 0.1) is 17.0 Å². The maximum Gasteiger partial charge on any atom is 0.311 e. The summed E-state index contributed by atoms with van der Waals surface area (Å²) in [4.78, 5) is 17.5. The highest BCUT2D eigenvalue weighted by atomic mass is 16.6. The van der Waals surface area contributed by atoms with Crippen molar-refractivity contribution < 1.29 is 4.92 Å². The summed E-state index contributed by atoms with van der Waals surface area (Å²) in [5.41, 5.74) is 2.49. The van der Waals surface area contributed by atoms with Crippen LogP contribution in [0.4, 0.5) is 11.4 Å². The van der Waals surface area contributed by atoms with Gasteiger partial charge in [-0.3, -0.25) is 10.1 Å². The fourth-order valence-corrected chi connectivity index (χ4v) is 3.07. The van der Waals surface area contributed by atoms with E-state index in [-0.39, 0.29) is 16.7 Å². The third-order valence-electron chi connectivity index (χ3n) is 4.17. The minimum Gasteiger partial charge on any atom is -0.375 e. The molecule has 2 aromatic rings. The molecule has 2 heterocycles. The van der Waals surface area contributed by atoms with Crippen LogP contribution in [0.1, 0.15) is 18.4 Å². The van der Waals surface area contributed by atoms with Gasteiger partial charge in [0.1, 0.15) is 11.9 Å². The average Bonchev–Trinajstić information content (AvgIpc) is 2.47. The maximum absolute atomic E-state index is 11.4. The first-order chi connectivity index (χ1) is 10.5. The lowest BCUT2D eigenvalue weighted by molar-refractivity contribution is -0.384. The molecule has 1 unspecified atom stereocenters. The van der Waals surface area contributed by atoms with Crippen molar-refractivity contribution in [3.63, 3.8) is 0 Å². The van der Waals surface area contributed by atoms with Crippen LogP contribution in [0.5, 0.6) is 0 Å². The third kappa shape index (κ3) is 2.87. The van der Waals surface area contributed by atoms with E-state index < -0.39 is 0 Å². The largest absolute Gasteiger partial charge is 0.375 e. The molecule has 1 aromatic heterocycles. The lowest BCUT2D eigenvalue weighted by atomic mass is 10.0. The van der Waals surface area contributed by atoms with Crippen LogP contribution in [0.3, 0.4) is 0 Å². The van der Waals surface area contributed by atoms with Crippen molar-refractivity contribution in [2.45, 2.75) is 25.8 Å². The van der Waals surface area contributed by atoms with Crippen molar-refractivity contribution >= 4 is 22.3 Å². The van der Waals surface area contributed by atoms with E-state index in [1.807, 2.05) is 25.1 Å². The van der Waals surface area contributed by atoms with Gasteiger partial charge in [0.05, 0.1) is 10.4 Å². The fourth-order valence-electron chi connectivity index (χ4n) is 3.07. The molecule has 6 nitrogen and oxygen atoms in total. The van der Waals surface area contributed by atoms with Crippen molar-refractivity contribution in [2.24, 2.45) is 0 Å². The van der Waals surface area contributed by atoms with Gasteiger partial charge in [-0.25, -0.2) is 4.98 Å². The molecule has 1 N–H and O–H groups in total. The van der Waals surface area contributed by atoms with Gasteiger partial charge in [-0.05, 0) is 45.5 Å². The average molecular weight is 300 g/mol. The summed E-state index contributed by atoms with van der Waals surface area (Å²) in [5, 5.41) is 15.6. The minimum atomic E-state index is -0.357. The lowest BCUT2D eigenvalue weighted by Crippen LogP contribution is -2.39. The van der Waals surface area contributed by atoms with Crippen LogP contribution in [-0.4, -0.2) is 41.0 Å². The van der Waals surface area contributed by atoms with Gasteiger partial charge in [0.25, 0.3) is 0 Å². The molecular weight excluding hydrogens is 280 g/mol. The van der Waals surface area contributed by atoms with Gasteiger partial charge in [0, 0.05) is 18.0 Å². The van der Waals surface area contributed by atoms with Crippen molar-refractivity contribution in [1.29, 1.82) is 0 Å². The quantitative estimate of drug-likeness (QED) is 0.697. The molecule has 0 spiro atoms. The number of nitrogens with one attached hydrogen (secondary N) is 1. The van der Waals surface area contributed by atoms with E-state index in [2.05, 4.69) is 22.2 Å². The van der Waals surface area contributed by atoms with Crippen molar-refractivity contribution in [2.75, 3.05) is 25.5 Å². The molecule has 0 aliphatic carbocycles. The summed E-state index contributed by atoms with van der Waals surface area (Å²) < 4.78 is 0. The van der Waals surface area contributed by atoms with Gasteiger partial charge in [0.2, 0.25) is 0 Å². The number of benzene rings is 1. The number of aromatic nitrogens is 1. The smallest absolute Gasteiger partial charge is 0.311 e. The second kappa shape index (κ2) is 5.88. The first-order valence-corrected chi connectivity index (χ1v) is 7.53. The highest BCUT2D eigenvalue weighted by molar-refractivity contribution is 5.96. The van der Waals surface area contributed by atoms with E-state index in [0.29, 0.717) is 5.69 Å². The lowest BCUT2D eigenvalue weighted by Gasteiger charge is -2.31. The van der Waals surface area contributed by atoms with E-state index in [4.69, 9.17) is 0 Å². The molecule has 1 fully saturated rings. The Labute approximate surface area is 129 Å². The number of hydrogen-bond donors (Lipinski definition) is 1. The minimum absolute atomic E-state index is 0.0475. The number of piperidine rings is 1. The first kappa shape index (κ1) is 14.7. The number of likely N-dealkylation sites (tertiary alicyclic amines) is 1. The van der Waals surface area contributed by atoms with Crippen LogP contribution in [-0.2, 0) is 0 Å². The predicted octanol–water partition coefficient (Wildman–Crippen LogP) is 2.96. The molecule has 1 saturated heterocycles. The van der Waals surface area contributed by atoms with Gasteiger partial charge in [0.15, 0.2) is 0 Å². The van der Waals surface area contributed by atoms with Gasteiger partial charge in [-0.1, -0.05) is 11.6 Å². The Morgan fingerprint density at radius 1 is 1.45 bits per heavy atom. The molecule has 1 aliphatic heterocycles. The first-order valence-electron chi connectivity index (χ1n) is 7.53. The number of rotatable bonds is 3. The second-order valence-electron chi connectivity index (χ2n) is 6.04. The molecule has 6 heteroatoms. The Hall–Kier alpha value is -2.21. The van der Waals surface area contributed by atoms with Crippen LogP contribution >= 0.6 is 0 Å². The van der Waals surface area contributed by atoms with Crippen molar-refractivity contribution in [3.05, 3.63) is 40.1 Å². The molecule has 1 aliphatic rings. The Bertz CT molecular complexity index is 717. The molecule has 1 atom stereocenters. The van der Waals surface area contributed by atoms with Crippen LogP contribution in [0.2, 0.25) is 0 Å². The predicted molar refractivity (Wildman–Crippen MR) is 87.3 cm³/mol. The van der Waals surface area contributed by atoms with Crippen molar-refractivity contribution in [1.82, 2.24) is 9.88 Å². The third-order valence-corrected chi connectivity index (χ3v) is 4.17. The van der Waals surface area contributed by atoms with Crippen LogP contribution in [0.15, 0.2) is 24.4 Å². The highest BCUT2D eigenvalue weighted by Gasteiger charge is 2.23. The summed E-state index contributed by atoms with van der Waals surface area (Å²) >= 11 is 0. The summed E-state index contributed by atoms with van der Waals surface area (Å²) in [7, 11) is 2.08. The number of nitrogens with zero attached hydrogens (tertiary/aromatic N) is 3. The van der Waals surface area contributed by atoms with Gasteiger partial charge in [-0.15, -0.1) is 0 Å². The van der Waals surface area contributed by atoms with Gasteiger partial charge < -0.3 is 10.2 Å². The van der Waals surface area contributed by atoms with Crippen LogP contribution in [0.25, 0.3) is 10.9 Å². The number of aryl methyl sites for hydroxylation is 1. The zero-order chi connectivity index (χ0) is 15.7. The fraction of sp³-hybridized carbons (Fsp3) is 0.438. The number of hydrogen-bond acceptors (Lipinski definition) is 5. The van der Waals surface area contributed by atoms with E-state index in [9.17, 15) is 10.1 Å². The summed E-state index contributed by atoms with van der Waals surface area (Å²) in [6, 6.07) is 6.07. The highest BCUT2D eigenvalue weighted by Crippen LogP contribution is 2.33. The van der Waals surface area contributed by atoms with Gasteiger partial charge in [-0.2, -0.15) is 0 Å². The molecule has 0 amide bonds. The summed E-state index contributed by atoms with van der Waals surface area (Å²) in [5.74, 6) is 0. The molecule has 116 valence electrons. The molecule has 0 radical (unpaired) electrons. The Morgan fingerprint density at radius 2 is 2.27 bits per heavy atom.